The van der Waals surface area contributed by atoms with Crippen molar-refractivity contribution in [2.24, 2.45) is 0 Å². The van der Waals surface area contributed by atoms with Crippen LogP contribution in [0.1, 0.15) is 12.5 Å². The molecule has 38 heavy (non-hydrogen) atoms. The zero-order valence-corrected chi connectivity index (χ0v) is 22.7. The first kappa shape index (κ1) is 24.1. The monoisotopic (exact) mass is 675 g/mol. The molecular formula is C32H22N3O2Pt-. The molecule has 0 spiro atoms. The van der Waals surface area contributed by atoms with Gasteiger partial charge in [-0.2, -0.15) is 6.07 Å². The van der Waals surface area contributed by atoms with Crippen LogP contribution < -0.4 is 4.74 Å². The third-order valence-electron chi connectivity index (χ3n) is 6.87. The minimum absolute atomic E-state index is 0. The number of aryl methyl sites for hydroxylation is 1. The second-order valence-electron chi connectivity index (χ2n) is 9.08. The number of para-hydroxylation sites is 1. The molecular weight excluding hydrogens is 653 g/mol. The van der Waals surface area contributed by atoms with Gasteiger partial charge in [0.2, 0.25) is 5.88 Å². The molecule has 0 amide bonds. The number of aromatic nitrogens is 3. The Hall–Kier alpha value is -4.21. The smallest absolute Gasteiger partial charge is 0.217 e. The van der Waals surface area contributed by atoms with Gasteiger partial charge in [-0.05, 0) is 53.1 Å². The van der Waals surface area contributed by atoms with Gasteiger partial charge in [0, 0.05) is 55.4 Å². The van der Waals surface area contributed by atoms with Crippen molar-refractivity contribution in [2.45, 2.75) is 13.3 Å². The van der Waals surface area contributed by atoms with Crippen LogP contribution in [0.25, 0.3) is 49.3 Å². The van der Waals surface area contributed by atoms with Gasteiger partial charge in [0.25, 0.3) is 0 Å². The van der Waals surface area contributed by atoms with Gasteiger partial charge in [-0.15, -0.1) is 17.5 Å². The van der Waals surface area contributed by atoms with Crippen LogP contribution in [0.3, 0.4) is 0 Å². The van der Waals surface area contributed by atoms with Crippen molar-refractivity contribution in [1.29, 1.82) is 0 Å². The summed E-state index contributed by atoms with van der Waals surface area (Å²) >= 11 is 0. The Kier molecular flexibility index (Phi) is 6.09. The van der Waals surface area contributed by atoms with Crippen LogP contribution in [0.5, 0.6) is 17.4 Å². The minimum atomic E-state index is 0. The van der Waals surface area contributed by atoms with E-state index in [1.54, 1.807) is 0 Å². The molecule has 6 heteroatoms. The molecule has 5 nitrogen and oxygen atoms in total. The molecule has 7 rings (SSSR count). The van der Waals surface area contributed by atoms with Crippen molar-refractivity contribution in [1.82, 2.24) is 14.5 Å². The summed E-state index contributed by atoms with van der Waals surface area (Å²) in [7, 11) is 0. The number of ether oxygens (including phenoxy) is 1. The van der Waals surface area contributed by atoms with E-state index in [4.69, 9.17) is 4.74 Å². The Labute approximate surface area is 233 Å². The average Bonchev–Trinajstić information content (AvgIpc) is 3.27. The fourth-order valence-electron chi connectivity index (χ4n) is 5.04. The van der Waals surface area contributed by atoms with E-state index in [2.05, 4.69) is 51.8 Å². The van der Waals surface area contributed by atoms with Crippen molar-refractivity contribution in [3.63, 3.8) is 0 Å². The maximum Gasteiger partial charge on any atom is 0.217 e. The normalized spacial score (nSPS) is 11.3. The number of rotatable bonds is 4. The van der Waals surface area contributed by atoms with Crippen molar-refractivity contribution in [3.05, 3.63) is 109 Å². The van der Waals surface area contributed by atoms with E-state index in [0.717, 1.165) is 50.2 Å². The Morgan fingerprint density at radius 3 is 2.53 bits per heavy atom. The molecule has 4 aromatic carbocycles. The summed E-state index contributed by atoms with van der Waals surface area (Å²) in [6.45, 7) is 2.14. The summed E-state index contributed by atoms with van der Waals surface area (Å²) in [5, 5.41) is 15.7. The second-order valence-corrected chi connectivity index (χ2v) is 9.08. The molecule has 0 unspecified atom stereocenters. The first-order valence-electron chi connectivity index (χ1n) is 12.3. The zero-order valence-electron chi connectivity index (χ0n) is 20.5. The number of benzene rings is 4. The summed E-state index contributed by atoms with van der Waals surface area (Å²) in [4.78, 5) is 9.31. The Morgan fingerprint density at radius 2 is 1.66 bits per heavy atom. The van der Waals surface area contributed by atoms with Crippen LogP contribution in [0.4, 0.5) is 0 Å². The summed E-state index contributed by atoms with van der Waals surface area (Å²) < 4.78 is 8.31. The van der Waals surface area contributed by atoms with Crippen molar-refractivity contribution < 1.29 is 30.9 Å². The number of pyridine rings is 2. The van der Waals surface area contributed by atoms with Gasteiger partial charge in [0.15, 0.2) is 0 Å². The van der Waals surface area contributed by atoms with Gasteiger partial charge in [-0.25, -0.2) is 9.97 Å². The van der Waals surface area contributed by atoms with Crippen LogP contribution in [0.2, 0.25) is 0 Å². The van der Waals surface area contributed by atoms with E-state index in [0.29, 0.717) is 17.1 Å². The molecule has 0 aliphatic rings. The number of aromatic hydroxyl groups is 1. The molecule has 188 valence electrons. The molecule has 0 saturated heterocycles. The molecule has 0 aliphatic carbocycles. The second kappa shape index (κ2) is 9.59. The Balaban J connectivity index is 0.00000264. The van der Waals surface area contributed by atoms with Crippen LogP contribution >= 0.6 is 0 Å². The molecule has 0 aliphatic heterocycles. The maximum atomic E-state index is 10.9. The van der Waals surface area contributed by atoms with E-state index in [-0.39, 0.29) is 26.8 Å². The largest absolute Gasteiger partial charge is 0.505 e. The van der Waals surface area contributed by atoms with Crippen LogP contribution in [-0.2, 0) is 27.5 Å². The van der Waals surface area contributed by atoms with Gasteiger partial charge >= 0.3 is 0 Å². The SMILES string of the molecule is CCc1ccnc(-n2c3[c-]c(Oc4ccc5cc6ccccc6c(O)c5n4)ccc3c3ccccc32)c1.[Pt]. The molecule has 0 atom stereocenters. The van der Waals surface area contributed by atoms with Crippen LogP contribution in [-0.4, -0.2) is 19.6 Å². The fraction of sp³-hybridized carbons (Fsp3) is 0.0625. The fourth-order valence-corrected chi connectivity index (χ4v) is 5.04. The molecule has 0 fully saturated rings. The predicted octanol–water partition coefficient (Wildman–Crippen LogP) is 7.74. The number of phenols is 1. The standard InChI is InChI=1S/C32H22N3O2.Pt/c1-2-20-15-16-33-29(17-20)35-27-10-6-5-9-25(27)26-13-12-23(19-28(26)35)37-30-14-11-22-18-21-7-3-4-8-24(21)32(36)31(22)34-30;/h3-18,36H,2H2,1H3;/q-1;. The maximum absolute atomic E-state index is 10.9. The zero-order chi connectivity index (χ0) is 24.9. The summed E-state index contributed by atoms with van der Waals surface area (Å²) in [5.74, 6) is 1.93. The third-order valence-corrected chi connectivity index (χ3v) is 6.87. The van der Waals surface area contributed by atoms with Gasteiger partial charge in [-0.1, -0.05) is 54.9 Å². The Bertz CT molecular complexity index is 1980. The minimum Gasteiger partial charge on any atom is -0.505 e. The molecule has 0 radical (unpaired) electrons. The van der Waals surface area contributed by atoms with E-state index in [9.17, 15) is 5.11 Å². The van der Waals surface area contributed by atoms with Gasteiger partial charge in [-0.3, -0.25) is 0 Å². The first-order valence-corrected chi connectivity index (χ1v) is 12.3. The van der Waals surface area contributed by atoms with Crippen molar-refractivity contribution >= 4 is 43.5 Å². The van der Waals surface area contributed by atoms with E-state index in [1.165, 1.54) is 5.56 Å². The average molecular weight is 676 g/mol. The number of phenolic OH excluding ortho intramolecular Hbond substituents is 1. The van der Waals surface area contributed by atoms with Gasteiger partial charge < -0.3 is 14.4 Å². The predicted molar refractivity (Wildman–Crippen MR) is 148 cm³/mol. The first-order chi connectivity index (χ1) is 18.2. The Morgan fingerprint density at radius 1 is 0.842 bits per heavy atom. The quantitative estimate of drug-likeness (QED) is 0.153. The molecule has 7 aromatic rings. The van der Waals surface area contributed by atoms with Gasteiger partial charge in [0.1, 0.15) is 17.1 Å². The number of fused-ring (bicyclic) bond motifs is 5. The van der Waals surface area contributed by atoms with Crippen molar-refractivity contribution in [3.8, 4) is 23.2 Å². The summed E-state index contributed by atoms with van der Waals surface area (Å²) in [6, 6.07) is 33.4. The number of nitrogens with zero attached hydrogens (tertiary/aromatic N) is 3. The number of hydrogen-bond donors (Lipinski definition) is 1. The van der Waals surface area contributed by atoms with Gasteiger partial charge in [0.05, 0.1) is 0 Å². The van der Waals surface area contributed by atoms with Crippen molar-refractivity contribution in [2.75, 3.05) is 0 Å². The molecule has 0 bridgehead atoms. The van der Waals surface area contributed by atoms with Crippen LogP contribution in [0, 0.1) is 6.07 Å². The van der Waals surface area contributed by atoms with E-state index >= 15 is 0 Å². The van der Waals surface area contributed by atoms with E-state index < -0.39 is 0 Å². The summed E-state index contributed by atoms with van der Waals surface area (Å²) in [5.41, 5.74) is 3.67. The molecule has 0 saturated carbocycles. The topological polar surface area (TPSA) is 60.2 Å². The van der Waals surface area contributed by atoms with Crippen LogP contribution in [0.15, 0.2) is 97.2 Å². The molecule has 1 N–H and O–H groups in total. The molecule has 3 heterocycles. The third kappa shape index (κ3) is 3.91. The molecule has 3 aromatic heterocycles. The number of hydrogen-bond acceptors (Lipinski definition) is 4. The van der Waals surface area contributed by atoms with E-state index in [1.807, 2.05) is 72.9 Å². The summed E-state index contributed by atoms with van der Waals surface area (Å²) in [6.07, 6.45) is 2.78.